The van der Waals surface area contributed by atoms with E-state index in [0.29, 0.717) is 27.5 Å². The number of fused-ring (bicyclic) bond motifs is 4. The van der Waals surface area contributed by atoms with E-state index in [9.17, 15) is 14.4 Å². The van der Waals surface area contributed by atoms with Crippen molar-refractivity contribution in [1.82, 2.24) is 14.6 Å². The number of benzene rings is 3. The number of carbonyl (C=O) groups is 2. The van der Waals surface area contributed by atoms with Crippen molar-refractivity contribution in [3.63, 3.8) is 0 Å². The quantitative estimate of drug-likeness (QED) is 0.294. The van der Waals surface area contributed by atoms with Gasteiger partial charge in [-0.1, -0.05) is 59.6 Å². The van der Waals surface area contributed by atoms with Crippen LogP contribution < -0.4 is 5.56 Å². The van der Waals surface area contributed by atoms with Crippen LogP contribution in [0.25, 0.3) is 16.6 Å². The van der Waals surface area contributed by atoms with Gasteiger partial charge in [0.05, 0.1) is 32.9 Å². The predicted molar refractivity (Wildman–Crippen MR) is 132 cm³/mol. The van der Waals surface area contributed by atoms with Crippen molar-refractivity contribution in [2.24, 2.45) is 10.2 Å². The molecule has 0 saturated heterocycles. The molecule has 170 valence electrons. The molecule has 0 atom stereocenters. The summed E-state index contributed by atoms with van der Waals surface area (Å²) in [5.41, 5.74) is 2.29. The van der Waals surface area contributed by atoms with Gasteiger partial charge in [0, 0.05) is 21.7 Å². The van der Waals surface area contributed by atoms with Gasteiger partial charge in [0.25, 0.3) is 5.56 Å². The molecule has 2 heterocycles. The van der Waals surface area contributed by atoms with Gasteiger partial charge in [0.1, 0.15) is 0 Å². The van der Waals surface area contributed by atoms with Crippen LogP contribution in [0.1, 0.15) is 37.5 Å². The first-order chi connectivity index (χ1) is 16.8. The Hall–Kier alpha value is -4.14. The molecule has 1 N–H and O–H groups in total. The number of nitrogens with zero attached hydrogens (tertiary/aromatic N) is 4. The van der Waals surface area contributed by atoms with Crippen LogP contribution in [0.3, 0.4) is 0 Å². The molecule has 10 heteroatoms. The van der Waals surface area contributed by atoms with Crippen molar-refractivity contribution in [3.8, 4) is 0 Å². The Labute approximate surface area is 206 Å². The van der Waals surface area contributed by atoms with Crippen molar-refractivity contribution in [2.45, 2.75) is 6.92 Å². The number of halogens is 2. The highest BCUT2D eigenvalue weighted by molar-refractivity contribution is 6.38. The lowest BCUT2D eigenvalue weighted by Gasteiger charge is -2.18. The van der Waals surface area contributed by atoms with Gasteiger partial charge >= 0.3 is 0 Å². The number of ketones is 2. The van der Waals surface area contributed by atoms with Crippen LogP contribution in [0.2, 0.25) is 10.0 Å². The molecule has 8 nitrogen and oxygen atoms in total. The van der Waals surface area contributed by atoms with Gasteiger partial charge in [0.15, 0.2) is 22.9 Å². The number of aromatic amines is 1. The normalized spacial score (nSPS) is 13.1. The number of hydrogen-bond donors (Lipinski definition) is 1. The van der Waals surface area contributed by atoms with E-state index in [1.54, 1.807) is 49.4 Å². The van der Waals surface area contributed by atoms with Gasteiger partial charge in [-0.15, -0.1) is 10.2 Å². The number of azo groups is 1. The highest BCUT2D eigenvalue weighted by Crippen LogP contribution is 2.35. The molecule has 0 spiro atoms. The van der Waals surface area contributed by atoms with Crippen LogP contribution in [-0.4, -0.2) is 26.2 Å². The summed E-state index contributed by atoms with van der Waals surface area (Å²) in [6, 6.07) is 14.5. The van der Waals surface area contributed by atoms with E-state index in [4.69, 9.17) is 23.2 Å². The molecular weight excluding hydrogens is 489 g/mol. The van der Waals surface area contributed by atoms with E-state index in [1.165, 1.54) is 16.6 Å². The zero-order chi connectivity index (χ0) is 24.4. The Morgan fingerprint density at radius 1 is 0.886 bits per heavy atom. The summed E-state index contributed by atoms with van der Waals surface area (Å²) >= 11 is 12.3. The molecule has 0 fully saturated rings. The van der Waals surface area contributed by atoms with Gasteiger partial charge in [-0.05, 0) is 25.1 Å². The third kappa shape index (κ3) is 3.14. The molecule has 0 bridgehead atoms. The minimum atomic E-state index is -0.395. The minimum absolute atomic E-state index is 0.186. The second-order valence-electron chi connectivity index (χ2n) is 8.05. The fraction of sp³-hybridized carbons (Fsp3) is 0.0400. The maximum absolute atomic E-state index is 13.2. The summed E-state index contributed by atoms with van der Waals surface area (Å²) in [5.74, 6) is -0.548. The number of rotatable bonds is 2. The van der Waals surface area contributed by atoms with Crippen molar-refractivity contribution in [1.29, 1.82) is 0 Å². The molecule has 0 radical (unpaired) electrons. The molecule has 5 aromatic rings. The SMILES string of the molecule is Cc1[nH]n2c(=O)c3cc(Cl)cc(Cl)c3nc2c1N=Nc1cccc2c1C(=O)c1ccccc1C2=O. The number of aromatic nitrogens is 3. The lowest BCUT2D eigenvalue weighted by molar-refractivity contribution is 0.0979. The molecule has 0 saturated carbocycles. The summed E-state index contributed by atoms with van der Waals surface area (Å²) in [6.07, 6.45) is 0. The van der Waals surface area contributed by atoms with Crippen molar-refractivity contribution in [2.75, 3.05) is 0 Å². The van der Waals surface area contributed by atoms with Crippen LogP contribution in [-0.2, 0) is 0 Å². The van der Waals surface area contributed by atoms with Crippen LogP contribution in [0.5, 0.6) is 0 Å². The molecule has 0 unspecified atom stereocenters. The Bertz CT molecular complexity index is 1850. The Morgan fingerprint density at radius 3 is 2.37 bits per heavy atom. The van der Waals surface area contributed by atoms with Crippen LogP contribution in [0.15, 0.2) is 69.6 Å². The minimum Gasteiger partial charge on any atom is -0.292 e. The Kier molecular flexibility index (Phi) is 4.70. The number of aryl methyl sites for hydroxylation is 1. The summed E-state index contributed by atoms with van der Waals surface area (Å²) in [5, 5.41) is 12.4. The van der Waals surface area contributed by atoms with E-state index in [-0.39, 0.29) is 50.0 Å². The molecular formula is C25H13Cl2N5O3. The van der Waals surface area contributed by atoms with E-state index in [1.807, 2.05) is 0 Å². The third-order valence-electron chi connectivity index (χ3n) is 5.93. The van der Waals surface area contributed by atoms with Crippen molar-refractivity contribution < 1.29 is 9.59 Å². The zero-order valence-corrected chi connectivity index (χ0v) is 19.5. The van der Waals surface area contributed by atoms with Crippen molar-refractivity contribution in [3.05, 3.63) is 103 Å². The first-order valence-electron chi connectivity index (χ1n) is 10.5. The van der Waals surface area contributed by atoms with Gasteiger partial charge < -0.3 is 0 Å². The van der Waals surface area contributed by atoms with E-state index >= 15 is 0 Å². The highest BCUT2D eigenvalue weighted by atomic mass is 35.5. The van der Waals surface area contributed by atoms with Gasteiger partial charge in [-0.25, -0.2) is 4.98 Å². The Balaban J connectivity index is 1.53. The first-order valence-corrected chi connectivity index (χ1v) is 11.2. The molecule has 1 aliphatic carbocycles. The maximum atomic E-state index is 13.2. The Morgan fingerprint density at radius 2 is 1.60 bits per heavy atom. The number of H-pyrrole nitrogens is 1. The number of carbonyl (C=O) groups excluding carboxylic acids is 2. The monoisotopic (exact) mass is 501 g/mol. The lowest BCUT2D eigenvalue weighted by Crippen LogP contribution is -2.20. The van der Waals surface area contributed by atoms with E-state index in [0.717, 1.165) is 0 Å². The molecule has 35 heavy (non-hydrogen) atoms. The fourth-order valence-corrected chi connectivity index (χ4v) is 4.84. The smallest absolute Gasteiger partial charge is 0.280 e. The topological polar surface area (TPSA) is 109 Å². The average Bonchev–Trinajstić information content (AvgIpc) is 3.17. The first kappa shape index (κ1) is 21.4. The van der Waals surface area contributed by atoms with Gasteiger partial charge in [-0.3, -0.25) is 19.5 Å². The molecule has 1 aliphatic rings. The largest absolute Gasteiger partial charge is 0.292 e. The summed E-state index contributed by atoms with van der Waals surface area (Å²) in [6.45, 7) is 1.72. The highest BCUT2D eigenvalue weighted by Gasteiger charge is 2.31. The summed E-state index contributed by atoms with van der Waals surface area (Å²) in [7, 11) is 0. The molecule has 6 rings (SSSR count). The summed E-state index contributed by atoms with van der Waals surface area (Å²) < 4.78 is 1.24. The van der Waals surface area contributed by atoms with E-state index < -0.39 is 5.56 Å². The van der Waals surface area contributed by atoms with Crippen molar-refractivity contribution >= 4 is 62.7 Å². The number of hydrogen-bond acceptors (Lipinski definition) is 6. The van der Waals surface area contributed by atoms with E-state index in [2.05, 4.69) is 20.3 Å². The maximum Gasteiger partial charge on any atom is 0.280 e. The third-order valence-corrected chi connectivity index (χ3v) is 6.43. The van der Waals surface area contributed by atoms with Crippen LogP contribution >= 0.6 is 23.2 Å². The molecule has 0 amide bonds. The molecule has 3 aromatic carbocycles. The van der Waals surface area contributed by atoms with Gasteiger partial charge in [-0.2, -0.15) is 4.52 Å². The zero-order valence-electron chi connectivity index (χ0n) is 18.0. The van der Waals surface area contributed by atoms with Crippen LogP contribution in [0, 0.1) is 6.92 Å². The lowest BCUT2D eigenvalue weighted by atomic mass is 9.83. The average molecular weight is 502 g/mol. The van der Waals surface area contributed by atoms with Crippen LogP contribution in [0.4, 0.5) is 11.4 Å². The predicted octanol–water partition coefficient (Wildman–Crippen LogP) is 5.98. The standard InChI is InChI=1S/C25H13Cl2N5O3/c1-11-20(24-28-21-16(25(35)32(24)31-11)9-12(26)10-17(21)27)30-29-18-8-4-7-15-19(18)23(34)14-6-3-2-5-13(14)22(15)33/h2-10,31H,1H3. The molecule has 0 aliphatic heterocycles. The molecule has 2 aromatic heterocycles. The van der Waals surface area contributed by atoms with Gasteiger partial charge in [0.2, 0.25) is 0 Å². The fourth-order valence-electron chi connectivity index (χ4n) is 4.30. The summed E-state index contributed by atoms with van der Waals surface area (Å²) in [4.78, 5) is 43.8. The number of nitrogens with one attached hydrogen (secondary N) is 1. The second kappa shape index (κ2) is 7.69. The second-order valence-corrected chi connectivity index (χ2v) is 8.89.